The zero-order valence-electron chi connectivity index (χ0n) is 19.4. The van der Waals surface area contributed by atoms with Crippen LogP contribution >= 0.6 is 15.9 Å². The average Bonchev–Trinajstić information content (AvgIpc) is 2.86. The second kappa shape index (κ2) is 13.9. The van der Waals surface area contributed by atoms with E-state index in [1.807, 2.05) is 24.3 Å². The molecular formula is C28H31BrN4O4. The van der Waals surface area contributed by atoms with Gasteiger partial charge in [-0.2, -0.15) is 0 Å². The number of amides is 2. The summed E-state index contributed by atoms with van der Waals surface area (Å²) in [6.07, 6.45) is 2.44. The van der Waals surface area contributed by atoms with Gasteiger partial charge < -0.3 is 21.5 Å². The molecule has 194 valence electrons. The van der Waals surface area contributed by atoms with Crippen LogP contribution < -0.4 is 16.4 Å². The maximum absolute atomic E-state index is 13.3. The first-order valence-corrected chi connectivity index (χ1v) is 12.1. The van der Waals surface area contributed by atoms with E-state index in [9.17, 15) is 9.59 Å². The molecule has 0 saturated heterocycles. The molecule has 9 heteroatoms. The van der Waals surface area contributed by atoms with E-state index in [2.05, 4.69) is 38.7 Å². The number of halogens is 1. The Hall–Kier alpha value is -3.98. The summed E-state index contributed by atoms with van der Waals surface area (Å²) in [6, 6.07) is 21.9. The standard InChI is InChI=1S/C26H25BrN4O2.CH2O2.CH4/c27-20-10-6-19-15-22(13-9-18(19)14-20)31-26(33)23(16-4-2-1-3-5-16)25(32)30-21-11-7-17(8-12-21)24(28)29;2-1-3;/h1-8,10-12,14,22-23H,9,13,15H2,(H3,28,29)(H,30,32)(H,31,33);1H,(H,2,3);1H4/t22-,23?;;/m1../s1. The molecule has 0 spiro atoms. The number of fused-ring (bicyclic) bond motifs is 1. The Kier molecular flexibility index (Phi) is 11.0. The number of nitrogen functional groups attached to an aromatic ring is 1. The second-order valence-corrected chi connectivity index (χ2v) is 9.21. The van der Waals surface area contributed by atoms with Crippen LogP contribution in [0.4, 0.5) is 5.69 Å². The lowest BCUT2D eigenvalue weighted by Crippen LogP contribution is -2.44. The minimum atomic E-state index is -0.981. The largest absolute Gasteiger partial charge is 0.483 e. The van der Waals surface area contributed by atoms with E-state index in [1.165, 1.54) is 11.1 Å². The van der Waals surface area contributed by atoms with Crippen LogP contribution in [-0.4, -0.2) is 35.3 Å². The topological polar surface area (TPSA) is 145 Å². The number of carbonyl (C=O) groups excluding carboxylic acids is 2. The number of nitrogens with one attached hydrogen (secondary N) is 3. The van der Waals surface area contributed by atoms with Crippen LogP contribution in [0.25, 0.3) is 0 Å². The Bertz CT molecular complexity index is 1230. The van der Waals surface area contributed by atoms with Crippen molar-refractivity contribution in [1.82, 2.24) is 5.32 Å². The van der Waals surface area contributed by atoms with Crippen molar-refractivity contribution in [2.45, 2.75) is 38.6 Å². The number of benzene rings is 3. The molecule has 3 aromatic carbocycles. The molecule has 2 atom stereocenters. The van der Waals surface area contributed by atoms with Gasteiger partial charge in [0.15, 0.2) is 0 Å². The molecule has 37 heavy (non-hydrogen) atoms. The van der Waals surface area contributed by atoms with E-state index >= 15 is 0 Å². The summed E-state index contributed by atoms with van der Waals surface area (Å²) >= 11 is 3.51. The van der Waals surface area contributed by atoms with Crippen LogP contribution in [0.15, 0.2) is 77.3 Å². The van der Waals surface area contributed by atoms with Crippen LogP contribution in [0.5, 0.6) is 0 Å². The lowest BCUT2D eigenvalue weighted by atomic mass is 9.87. The van der Waals surface area contributed by atoms with Crippen molar-refractivity contribution in [2.75, 3.05) is 5.32 Å². The monoisotopic (exact) mass is 566 g/mol. The minimum Gasteiger partial charge on any atom is -0.483 e. The number of rotatable bonds is 6. The van der Waals surface area contributed by atoms with Crippen molar-refractivity contribution in [1.29, 1.82) is 5.41 Å². The first-order chi connectivity index (χ1) is 17.3. The van der Waals surface area contributed by atoms with Gasteiger partial charge in [-0.15, -0.1) is 0 Å². The molecule has 2 amide bonds. The van der Waals surface area contributed by atoms with Crippen LogP contribution in [0, 0.1) is 5.41 Å². The van der Waals surface area contributed by atoms with Gasteiger partial charge in [-0.25, -0.2) is 0 Å². The highest BCUT2D eigenvalue weighted by molar-refractivity contribution is 9.10. The molecule has 0 bridgehead atoms. The van der Waals surface area contributed by atoms with Crippen molar-refractivity contribution in [3.05, 3.63) is 99.5 Å². The number of nitrogens with two attached hydrogens (primary N) is 1. The molecule has 0 heterocycles. The molecule has 0 fully saturated rings. The molecule has 0 aromatic heterocycles. The maximum Gasteiger partial charge on any atom is 0.290 e. The number of hydrogen-bond acceptors (Lipinski definition) is 4. The summed E-state index contributed by atoms with van der Waals surface area (Å²) in [5, 5.41) is 20.3. The molecular weight excluding hydrogens is 536 g/mol. The molecule has 8 nitrogen and oxygen atoms in total. The Labute approximate surface area is 224 Å². The third-order valence-electron chi connectivity index (χ3n) is 5.86. The van der Waals surface area contributed by atoms with E-state index in [0.717, 1.165) is 23.7 Å². The lowest BCUT2D eigenvalue weighted by molar-refractivity contribution is -0.129. The summed E-state index contributed by atoms with van der Waals surface area (Å²) in [6.45, 7) is -0.250. The van der Waals surface area contributed by atoms with E-state index in [4.69, 9.17) is 21.0 Å². The van der Waals surface area contributed by atoms with Gasteiger partial charge in [0.1, 0.15) is 11.8 Å². The van der Waals surface area contributed by atoms with Crippen LogP contribution in [0.1, 0.15) is 42.0 Å². The average molecular weight is 567 g/mol. The SMILES string of the molecule is C.N=C(N)c1ccc(NC(=O)C(C(=O)N[C@@H]2CCc3cc(Br)ccc3C2)c2ccccc2)cc1.O=CO. The predicted octanol–water partition coefficient (Wildman–Crippen LogP) is 4.47. The fourth-order valence-electron chi connectivity index (χ4n) is 4.15. The summed E-state index contributed by atoms with van der Waals surface area (Å²) in [5.41, 5.74) is 9.75. The molecule has 0 aliphatic heterocycles. The van der Waals surface area contributed by atoms with Crippen molar-refractivity contribution < 1.29 is 19.5 Å². The molecule has 1 aliphatic carbocycles. The number of aryl methyl sites for hydroxylation is 1. The van der Waals surface area contributed by atoms with Gasteiger partial charge in [0.2, 0.25) is 11.8 Å². The summed E-state index contributed by atoms with van der Waals surface area (Å²) in [7, 11) is 0. The van der Waals surface area contributed by atoms with Crippen molar-refractivity contribution in [3.8, 4) is 0 Å². The Morgan fingerprint density at radius 2 is 1.68 bits per heavy atom. The van der Waals surface area contributed by atoms with E-state index in [-0.39, 0.29) is 31.7 Å². The van der Waals surface area contributed by atoms with Crippen molar-refractivity contribution in [2.24, 2.45) is 5.73 Å². The molecule has 0 radical (unpaired) electrons. The van der Waals surface area contributed by atoms with Gasteiger partial charge in [-0.3, -0.25) is 19.8 Å². The van der Waals surface area contributed by atoms with Gasteiger partial charge in [0, 0.05) is 21.8 Å². The summed E-state index contributed by atoms with van der Waals surface area (Å²) < 4.78 is 1.06. The second-order valence-electron chi connectivity index (χ2n) is 8.29. The first-order valence-electron chi connectivity index (χ1n) is 11.3. The number of carboxylic acid groups (broad SMARTS) is 1. The molecule has 1 unspecified atom stereocenters. The third kappa shape index (κ3) is 8.01. The Balaban J connectivity index is 0.00000115. The number of hydrogen-bond donors (Lipinski definition) is 5. The molecule has 4 rings (SSSR count). The van der Waals surface area contributed by atoms with Crippen molar-refractivity contribution >= 4 is 45.7 Å². The summed E-state index contributed by atoms with van der Waals surface area (Å²) in [5.74, 6) is -1.75. The van der Waals surface area contributed by atoms with Crippen LogP contribution in [0.3, 0.4) is 0 Å². The van der Waals surface area contributed by atoms with E-state index in [0.29, 0.717) is 16.8 Å². The Morgan fingerprint density at radius 1 is 1.03 bits per heavy atom. The number of carbonyl (C=O) groups is 3. The number of anilines is 1. The van der Waals surface area contributed by atoms with E-state index < -0.39 is 11.8 Å². The molecule has 6 N–H and O–H groups in total. The quantitative estimate of drug-likeness (QED) is 0.129. The van der Waals surface area contributed by atoms with Crippen molar-refractivity contribution in [3.63, 3.8) is 0 Å². The fourth-order valence-corrected chi connectivity index (χ4v) is 4.55. The smallest absolute Gasteiger partial charge is 0.290 e. The highest BCUT2D eigenvalue weighted by Gasteiger charge is 2.31. The lowest BCUT2D eigenvalue weighted by Gasteiger charge is -2.27. The third-order valence-corrected chi connectivity index (χ3v) is 6.36. The van der Waals surface area contributed by atoms with Crippen LogP contribution in [-0.2, 0) is 27.2 Å². The van der Waals surface area contributed by atoms with E-state index in [1.54, 1.807) is 36.4 Å². The van der Waals surface area contributed by atoms with Gasteiger partial charge in [0.05, 0.1) is 0 Å². The molecule has 1 aliphatic rings. The Morgan fingerprint density at radius 3 is 2.30 bits per heavy atom. The first kappa shape index (κ1) is 29.3. The maximum atomic E-state index is 13.3. The zero-order chi connectivity index (χ0) is 26.1. The zero-order valence-corrected chi connectivity index (χ0v) is 21.0. The van der Waals surface area contributed by atoms with Crippen LogP contribution in [0.2, 0.25) is 0 Å². The molecule has 0 saturated carbocycles. The highest BCUT2D eigenvalue weighted by atomic mass is 79.9. The van der Waals surface area contributed by atoms with Gasteiger partial charge >= 0.3 is 0 Å². The van der Waals surface area contributed by atoms with Gasteiger partial charge in [-0.05, 0) is 72.4 Å². The highest BCUT2D eigenvalue weighted by Crippen LogP contribution is 2.26. The van der Waals surface area contributed by atoms with Gasteiger partial charge in [0.25, 0.3) is 6.47 Å². The minimum absolute atomic E-state index is 0. The fraction of sp³-hybridized carbons (Fsp3) is 0.214. The predicted molar refractivity (Wildman–Crippen MR) is 149 cm³/mol. The normalized spacial score (nSPS) is 14.4. The summed E-state index contributed by atoms with van der Waals surface area (Å²) in [4.78, 5) is 34.9. The van der Waals surface area contributed by atoms with Gasteiger partial charge in [-0.1, -0.05) is 59.8 Å². The number of amidine groups is 1. The molecule has 3 aromatic rings.